The third-order valence-corrected chi connectivity index (χ3v) is 4.39. The molecule has 0 saturated carbocycles. The fourth-order valence-electron chi connectivity index (χ4n) is 2.25. The Morgan fingerprint density at radius 2 is 2.00 bits per heavy atom. The van der Waals surface area contributed by atoms with Crippen LogP contribution >= 0.6 is 23.7 Å². The van der Waals surface area contributed by atoms with Gasteiger partial charge >= 0.3 is 0 Å². The van der Waals surface area contributed by atoms with Gasteiger partial charge in [-0.05, 0) is 35.4 Å². The largest absolute Gasteiger partial charge is 0.343 e. The monoisotopic (exact) mass is 338 g/mol. The molecule has 0 radical (unpaired) electrons. The Balaban J connectivity index is 0.00000242. The van der Waals surface area contributed by atoms with Crippen molar-refractivity contribution >= 4 is 29.7 Å². The van der Waals surface area contributed by atoms with Crippen LogP contribution < -0.4 is 11.1 Å². The zero-order chi connectivity index (χ0) is 15.1. The molecule has 1 atom stereocenters. The van der Waals surface area contributed by atoms with Crippen molar-refractivity contribution in [1.29, 1.82) is 0 Å². The molecule has 1 amide bonds. The number of aryl methyl sites for hydroxylation is 1. The Kier molecular flexibility index (Phi) is 8.17. The molecule has 0 spiro atoms. The number of thiophene rings is 1. The van der Waals surface area contributed by atoms with Gasteiger partial charge in [0.05, 0.1) is 12.6 Å². The minimum atomic E-state index is -0.136. The van der Waals surface area contributed by atoms with E-state index in [1.807, 2.05) is 17.5 Å². The van der Waals surface area contributed by atoms with Crippen LogP contribution in [0.25, 0.3) is 0 Å². The normalized spacial score (nSPS) is 11.5. The van der Waals surface area contributed by atoms with E-state index < -0.39 is 0 Å². The maximum atomic E-state index is 11.7. The highest BCUT2D eigenvalue weighted by atomic mass is 35.5. The second-order valence-electron chi connectivity index (χ2n) is 5.07. The Morgan fingerprint density at radius 3 is 2.55 bits per heavy atom. The average Bonchev–Trinajstić information content (AvgIpc) is 3.05. The molecule has 3 N–H and O–H groups in total. The van der Waals surface area contributed by atoms with Gasteiger partial charge < -0.3 is 11.1 Å². The van der Waals surface area contributed by atoms with Crippen molar-refractivity contribution in [2.45, 2.75) is 32.2 Å². The molecule has 0 aliphatic rings. The minimum Gasteiger partial charge on any atom is -0.343 e. The fourth-order valence-corrected chi connectivity index (χ4v) is 3.05. The summed E-state index contributed by atoms with van der Waals surface area (Å²) in [5.41, 5.74) is 7.86. The van der Waals surface area contributed by atoms with Gasteiger partial charge in [0.2, 0.25) is 5.91 Å². The van der Waals surface area contributed by atoms with E-state index in [1.165, 1.54) is 18.4 Å². The third-order valence-electron chi connectivity index (χ3n) is 3.45. The molecule has 5 heteroatoms. The Hall–Kier alpha value is -1.36. The summed E-state index contributed by atoms with van der Waals surface area (Å²) in [5.74, 6) is -0.136. The van der Waals surface area contributed by atoms with Crippen molar-refractivity contribution in [3.63, 3.8) is 0 Å². The van der Waals surface area contributed by atoms with E-state index in [-0.39, 0.29) is 30.9 Å². The van der Waals surface area contributed by atoms with Crippen LogP contribution in [0, 0.1) is 0 Å². The molecule has 0 aliphatic carbocycles. The number of carbonyl (C=O) groups is 1. The fraction of sp³-hybridized carbons (Fsp3) is 0.353. The van der Waals surface area contributed by atoms with E-state index in [9.17, 15) is 4.79 Å². The van der Waals surface area contributed by atoms with Crippen LogP contribution in [0.4, 0.5) is 0 Å². The summed E-state index contributed by atoms with van der Waals surface area (Å²) in [7, 11) is 0. The number of amides is 1. The third kappa shape index (κ3) is 5.13. The number of nitrogens with one attached hydrogen (secondary N) is 1. The smallest absolute Gasteiger partial charge is 0.234 e. The first-order valence-electron chi connectivity index (χ1n) is 7.36. The summed E-state index contributed by atoms with van der Waals surface area (Å²) < 4.78 is 0. The lowest BCUT2D eigenvalue weighted by molar-refractivity contribution is -0.120. The van der Waals surface area contributed by atoms with Crippen LogP contribution in [0.15, 0.2) is 41.8 Å². The van der Waals surface area contributed by atoms with Crippen molar-refractivity contribution in [1.82, 2.24) is 5.32 Å². The SMILES string of the molecule is CCCCc1ccc(C(NC(=O)CN)c2cccs2)cc1.Cl. The van der Waals surface area contributed by atoms with E-state index in [2.05, 4.69) is 36.5 Å². The van der Waals surface area contributed by atoms with Crippen molar-refractivity contribution < 1.29 is 4.79 Å². The van der Waals surface area contributed by atoms with Gasteiger partial charge in [-0.1, -0.05) is 43.7 Å². The van der Waals surface area contributed by atoms with Gasteiger partial charge in [0.25, 0.3) is 0 Å². The van der Waals surface area contributed by atoms with Crippen molar-refractivity contribution in [3.05, 3.63) is 57.8 Å². The topological polar surface area (TPSA) is 55.1 Å². The standard InChI is InChI=1S/C17H22N2OS.ClH/c1-2-3-5-13-7-9-14(10-8-13)17(19-16(20)12-18)15-6-4-11-21-15;/h4,6-11,17H,2-3,5,12,18H2,1H3,(H,19,20);1H. The van der Waals surface area contributed by atoms with Gasteiger partial charge in [0.15, 0.2) is 0 Å². The molecule has 2 aromatic rings. The summed E-state index contributed by atoms with van der Waals surface area (Å²) in [5, 5.41) is 5.01. The Morgan fingerprint density at radius 1 is 1.27 bits per heavy atom. The van der Waals surface area contributed by atoms with E-state index in [1.54, 1.807) is 11.3 Å². The molecule has 2 rings (SSSR count). The number of hydrogen-bond donors (Lipinski definition) is 2. The highest BCUT2D eigenvalue weighted by molar-refractivity contribution is 7.10. The van der Waals surface area contributed by atoms with Gasteiger partial charge in [0, 0.05) is 4.88 Å². The zero-order valence-electron chi connectivity index (χ0n) is 12.7. The average molecular weight is 339 g/mol. The highest BCUT2D eigenvalue weighted by Crippen LogP contribution is 2.26. The molecule has 0 bridgehead atoms. The first-order valence-corrected chi connectivity index (χ1v) is 8.24. The lowest BCUT2D eigenvalue weighted by Crippen LogP contribution is -2.33. The second-order valence-corrected chi connectivity index (χ2v) is 6.04. The van der Waals surface area contributed by atoms with Crippen LogP contribution in [-0.4, -0.2) is 12.5 Å². The van der Waals surface area contributed by atoms with E-state index in [0.29, 0.717) is 0 Å². The molecule has 3 nitrogen and oxygen atoms in total. The van der Waals surface area contributed by atoms with Crippen molar-refractivity contribution in [2.75, 3.05) is 6.54 Å². The molecule has 0 aliphatic heterocycles. The second kappa shape index (κ2) is 9.62. The molecule has 1 unspecified atom stereocenters. The summed E-state index contributed by atoms with van der Waals surface area (Å²) in [6.45, 7) is 2.21. The molecule has 0 fully saturated rings. The van der Waals surface area contributed by atoms with Crippen LogP contribution in [0.2, 0.25) is 0 Å². The predicted octanol–water partition coefficient (Wildman–Crippen LogP) is 3.68. The first kappa shape index (κ1) is 18.7. The Labute approximate surface area is 142 Å². The molecule has 0 saturated heterocycles. The van der Waals surface area contributed by atoms with Gasteiger partial charge in [0.1, 0.15) is 0 Å². The van der Waals surface area contributed by atoms with Crippen LogP contribution in [0.5, 0.6) is 0 Å². The van der Waals surface area contributed by atoms with E-state index in [0.717, 1.165) is 16.9 Å². The van der Waals surface area contributed by atoms with Gasteiger partial charge in [-0.15, -0.1) is 23.7 Å². The predicted molar refractivity (Wildman–Crippen MR) is 95.7 cm³/mol. The molecular formula is C17H23ClN2OS. The quantitative estimate of drug-likeness (QED) is 0.809. The van der Waals surface area contributed by atoms with Gasteiger partial charge in [-0.3, -0.25) is 4.79 Å². The van der Waals surface area contributed by atoms with Crippen molar-refractivity contribution in [3.8, 4) is 0 Å². The molecule has 1 aromatic heterocycles. The van der Waals surface area contributed by atoms with Crippen LogP contribution in [0.3, 0.4) is 0 Å². The summed E-state index contributed by atoms with van der Waals surface area (Å²) in [6.07, 6.45) is 3.51. The number of halogens is 1. The number of rotatable bonds is 7. The molecule has 22 heavy (non-hydrogen) atoms. The number of nitrogens with two attached hydrogens (primary N) is 1. The van der Waals surface area contributed by atoms with Crippen molar-refractivity contribution in [2.24, 2.45) is 5.73 Å². The van der Waals surface area contributed by atoms with Crippen LogP contribution in [0.1, 0.15) is 41.8 Å². The maximum Gasteiger partial charge on any atom is 0.234 e. The van der Waals surface area contributed by atoms with E-state index >= 15 is 0 Å². The van der Waals surface area contributed by atoms with Gasteiger partial charge in [-0.25, -0.2) is 0 Å². The minimum absolute atomic E-state index is 0. The molecular weight excluding hydrogens is 316 g/mol. The Bertz CT molecular complexity index is 555. The molecule has 1 heterocycles. The first-order chi connectivity index (χ1) is 10.2. The van der Waals surface area contributed by atoms with Crippen LogP contribution in [-0.2, 0) is 11.2 Å². The number of unbranched alkanes of at least 4 members (excludes halogenated alkanes) is 1. The summed E-state index contributed by atoms with van der Waals surface area (Å²) in [4.78, 5) is 12.8. The number of carbonyl (C=O) groups excluding carboxylic acids is 1. The molecule has 1 aromatic carbocycles. The number of benzene rings is 1. The summed E-state index contributed by atoms with van der Waals surface area (Å²) in [6, 6.07) is 12.4. The number of hydrogen-bond acceptors (Lipinski definition) is 3. The van der Waals surface area contributed by atoms with E-state index in [4.69, 9.17) is 5.73 Å². The lowest BCUT2D eigenvalue weighted by Gasteiger charge is -2.18. The van der Waals surface area contributed by atoms with Gasteiger partial charge in [-0.2, -0.15) is 0 Å². The summed E-state index contributed by atoms with van der Waals surface area (Å²) >= 11 is 1.64. The zero-order valence-corrected chi connectivity index (χ0v) is 14.4. The maximum absolute atomic E-state index is 11.7. The lowest BCUT2D eigenvalue weighted by atomic mass is 10.0. The highest BCUT2D eigenvalue weighted by Gasteiger charge is 2.17. The molecule has 120 valence electrons.